The van der Waals surface area contributed by atoms with Crippen molar-refractivity contribution in [3.05, 3.63) is 12.4 Å². The molecule has 0 fully saturated rings. The summed E-state index contributed by atoms with van der Waals surface area (Å²) in [5.41, 5.74) is -0.0704. The van der Waals surface area contributed by atoms with Crippen molar-refractivity contribution in [1.82, 2.24) is 15.1 Å². The number of aryl methyl sites for hydroxylation is 1. The molecule has 0 aliphatic carbocycles. The van der Waals surface area contributed by atoms with Gasteiger partial charge in [-0.3, -0.25) is 0 Å². The summed E-state index contributed by atoms with van der Waals surface area (Å²) in [6, 6.07) is 0. The van der Waals surface area contributed by atoms with Crippen molar-refractivity contribution in [3.63, 3.8) is 0 Å². The first-order chi connectivity index (χ1) is 5.45. The van der Waals surface area contributed by atoms with E-state index in [2.05, 4.69) is 37.7 Å². The third-order valence-corrected chi connectivity index (χ3v) is 1.53. The van der Waals surface area contributed by atoms with Crippen LogP contribution < -0.4 is 4.68 Å². The van der Waals surface area contributed by atoms with Crippen LogP contribution >= 0.6 is 0 Å². The van der Waals surface area contributed by atoms with Crippen molar-refractivity contribution in [1.29, 1.82) is 0 Å². The standard InChI is InChI=1S/C8H15N4/c1-6-11-7(2)9-12(10-11)8(3,4)5/h6H,1H2,2-5H3/q+1. The molecule has 1 heterocycles. The molecule has 4 nitrogen and oxygen atoms in total. The van der Waals surface area contributed by atoms with E-state index >= 15 is 0 Å². The second kappa shape index (κ2) is 2.69. The molecule has 1 rings (SSSR count). The summed E-state index contributed by atoms with van der Waals surface area (Å²) in [5.74, 6) is 0.847. The highest BCUT2D eigenvalue weighted by Gasteiger charge is 2.25. The fourth-order valence-corrected chi connectivity index (χ4v) is 0.812. The molecule has 0 aromatic carbocycles. The summed E-state index contributed by atoms with van der Waals surface area (Å²) >= 11 is 0. The van der Waals surface area contributed by atoms with Crippen molar-refractivity contribution < 1.29 is 4.68 Å². The van der Waals surface area contributed by atoms with E-state index in [4.69, 9.17) is 0 Å². The highest BCUT2D eigenvalue weighted by atomic mass is 15.6. The highest BCUT2D eigenvalue weighted by molar-refractivity contribution is 4.94. The van der Waals surface area contributed by atoms with Crippen molar-refractivity contribution in [3.8, 4) is 0 Å². The van der Waals surface area contributed by atoms with Gasteiger partial charge in [0.2, 0.25) is 0 Å². The Morgan fingerprint density at radius 1 is 1.50 bits per heavy atom. The van der Waals surface area contributed by atoms with E-state index < -0.39 is 0 Å². The molecule has 0 radical (unpaired) electrons. The van der Waals surface area contributed by atoms with Crippen LogP contribution in [0.5, 0.6) is 0 Å². The van der Waals surface area contributed by atoms with Gasteiger partial charge in [-0.2, -0.15) is 0 Å². The molecule has 0 bridgehead atoms. The number of tetrazole rings is 1. The van der Waals surface area contributed by atoms with Crippen LogP contribution in [0.4, 0.5) is 0 Å². The van der Waals surface area contributed by atoms with Crippen molar-refractivity contribution >= 4 is 6.20 Å². The minimum absolute atomic E-state index is 0.0704. The molecule has 0 saturated heterocycles. The number of hydrogen-bond donors (Lipinski definition) is 0. The number of rotatable bonds is 1. The number of nitrogens with zero attached hydrogens (tertiary/aromatic N) is 4. The van der Waals surface area contributed by atoms with Gasteiger partial charge in [0.25, 0.3) is 5.82 Å². The molecule has 0 atom stereocenters. The molecule has 1 aromatic rings. The Morgan fingerprint density at radius 2 is 2.08 bits per heavy atom. The third kappa shape index (κ3) is 1.52. The smallest absolute Gasteiger partial charge is 0.110 e. The second-order valence-corrected chi connectivity index (χ2v) is 3.72. The topological polar surface area (TPSA) is 34.6 Å². The minimum atomic E-state index is -0.0704. The Hall–Kier alpha value is -1.19. The van der Waals surface area contributed by atoms with Gasteiger partial charge in [0, 0.05) is 6.92 Å². The largest absolute Gasteiger partial charge is 0.299 e. The number of hydrogen-bond acceptors (Lipinski definition) is 2. The van der Waals surface area contributed by atoms with Crippen LogP contribution in [-0.4, -0.2) is 15.1 Å². The van der Waals surface area contributed by atoms with Crippen LogP contribution in [0.25, 0.3) is 6.20 Å². The quantitative estimate of drug-likeness (QED) is 0.578. The zero-order valence-corrected chi connectivity index (χ0v) is 8.07. The van der Waals surface area contributed by atoms with Crippen LogP contribution in [0.3, 0.4) is 0 Å². The van der Waals surface area contributed by atoms with Crippen molar-refractivity contribution in [2.45, 2.75) is 33.2 Å². The lowest BCUT2D eigenvalue weighted by atomic mass is 10.1. The monoisotopic (exact) mass is 167 g/mol. The Morgan fingerprint density at radius 3 is 2.33 bits per heavy atom. The van der Waals surface area contributed by atoms with Crippen LogP contribution in [-0.2, 0) is 5.54 Å². The average molecular weight is 167 g/mol. The van der Waals surface area contributed by atoms with Gasteiger partial charge in [0.05, 0.1) is 16.5 Å². The lowest BCUT2D eigenvalue weighted by Crippen LogP contribution is -2.34. The molecule has 0 aliphatic rings. The van der Waals surface area contributed by atoms with E-state index in [9.17, 15) is 0 Å². The fraction of sp³-hybridized carbons (Fsp3) is 0.625. The molecule has 0 aliphatic heterocycles. The average Bonchev–Trinajstić information content (AvgIpc) is 2.29. The van der Waals surface area contributed by atoms with E-state index in [-0.39, 0.29) is 5.54 Å². The first-order valence-electron chi connectivity index (χ1n) is 3.94. The molecule has 12 heavy (non-hydrogen) atoms. The van der Waals surface area contributed by atoms with Crippen LogP contribution in [0, 0.1) is 6.92 Å². The summed E-state index contributed by atoms with van der Waals surface area (Å²) in [6.45, 7) is 11.7. The SMILES string of the molecule is C=C[n+]1nn(C(C)(C)C)nc1C. The second-order valence-electron chi connectivity index (χ2n) is 3.72. The Labute approximate surface area is 72.5 Å². The van der Waals surface area contributed by atoms with Gasteiger partial charge in [-0.25, -0.2) is 0 Å². The van der Waals surface area contributed by atoms with Gasteiger partial charge < -0.3 is 0 Å². The fourth-order valence-electron chi connectivity index (χ4n) is 0.812. The first-order valence-corrected chi connectivity index (χ1v) is 3.94. The molecule has 0 amide bonds. The van der Waals surface area contributed by atoms with Crippen molar-refractivity contribution in [2.24, 2.45) is 0 Å². The lowest BCUT2D eigenvalue weighted by molar-refractivity contribution is -0.643. The van der Waals surface area contributed by atoms with Gasteiger partial charge in [-0.1, -0.05) is 6.58 Å². The molecule has 66 valence electrons. The van der Waals surface area contributed by atoms with E-state index in [1.54, 1.807) is 15.7 Å². The molecule has 4 heteroatoms. The molecule has 0 unspecified atom stereocenters. The normalized spacial score (nSPS) is 11.7. The summed E-state index contributed by atoms with van der Waals surface area (Å²) in [4.78, 5) is 1.68. The summed E-state index contributed by atoms with van der Waals surface area (Å²) in [7, 11) is 0. The Balaban J connectivity index is 3.13. The van der Waals surface area contributed by atoms with Crippen LogP contribution in [0.2, 0.25) is 0 Å². The summed E-state index contributed by atoms with van der Waals surface area (Å²) in [6.07, 6.45) is 1.64. The lowest BCUT2D eigenvalue weighted by Gasteiger charge is -2.07. The molecule has 0 saturated carbocycles. The molecular formula is C8H15N4+. The Kier molecular flexibility index (Phi) is 2.00. The number of aromatic nitrogens is 4. The predicted octanol–water partition coefficient (Wildman–Crippen LogP) is 0.730. The Bertz CT molecular complexity index is 292. The van der Waals surface area contributed by atoms with Gasteiger partial charge >= 0.3 is 0 Å². The summed E-state index contributed by atoms with van der Waals surface area (Å²) in [5, 5.41) is 8.45. The maximum atomic E-state index is 4.25. The summed E-state index contributed by atoms with van der Waals surface area (Å²) < 4.78 is 1.66. The first kappa shape index (κ1) is 8.90. The predicted molar refractivity (Wildman–Crippen MR) is 46.3 cm³/mol. The minimum Gasteiger partial charge on any atom is -0.110 e. The molecule has 1 aromatic heterocycles. The van der Waals surface area contributed by atoms with Gasteiger partial charge in [-0.05, 0) is 25.6 Å². The van der Waals surface area contributed by atoms with Gasteiger partial charge in [-0.15, -0.1) is 4.68 Å². The maximum absolute atomic E-state index is 4.25. The van der Waals surface area contributed by atoms with E-state index in [0.29, 0.717) is 0 Å². The highest BCUT2D eigenvalue weighted by Crippen LogP contribution is 2.08. The van der Waals surface area contributed by atoms with E-state index in [1.807, 2.05) is 6.92 Å². The van der Waals surface area contributed by atoms with E-state index in [0.717, 1.165) is 5.82 Å². The molecule has 0 spiro atoms. The van der Waals surface area contributed by atoms with Crippen molar-refractivity contribution in [2.75, 3.05) is 0 Å². The third-order valence-electron chi connectivity index (χ3n) is 1.53. The van der Waals surface area contributed by atoms with Gasteiger partial charge in [0.1, 0.15) is 5.54 Å². The van der Waals surface area contributed by atoms with Gasteiger partial charge in [0.15, 0.2) is 0 Å². The molecule has 0 N–H and O–H groups in total. The maximum Gasteiger partial charge on any atom is 0.299 e. The zero-order valence-electron chi connectivity index (χ0n) is 8.07. The van der Waals surface area contributed by atoms with Crippen LogP contribution in [0.15, 0.2) is 6.58 Å². The van der Waals surface area contributed by atoms with E-state index in [1.165, 1.54) is 0 Å². The molecular weight excluding hydrogens is 152 g/mol. The van der Waals surface area contributed by atoms with Crippen LogP contribution in [0.1, 0.15) is 26.6 Å². The zero-order chi connectivity index (χ0) is 9.35.